The van der Waals surface area contributed by atoms with Gasteiger partial charge in [-0.15, -0.1) is 0 Å². The van der Waals surface area contributed by atoms with Gasteiger partial charge in [-0.25, -0.2) is 4.68 Å². The Hall–Kier alpha value is -2.55. The lowest BCUT2D eigenvalue weighted by Gasteiger charge is -2.37. The zero-order valence-corrected chi connectivity index (χ0v) is 11.3. The fraction of sp³-hybridized carbons (Fsp3) is 0.118. The fourth-order valence-electron chi connectivity index (χ4n) is 3.01. The molecular formula is C17H15N3. The van der Waals surface area contributed by atoms with Crippen LogP contribution < -0.4 is 4.90 Å². The van der Waals surface area contributed by atoms with E-state index in [1.165, 1.54) is 22.5 Å². The normalized spacial score (nSPS) is 16.6. The van der Waals surface area contributed by atoms with Crippen molar-refractivity contribution in [3.63, 3.8) is 0 Å². The molecular weight excluding hydrogens is 246 g/mol. The summed E-state index contributed by atoms with van der Waals surface area (Å²) in [5.74, 6) is 0. The number of hydrogen-bond acceptors (Lipinski definition) is 2. The fourth-order valence-corrected chi connectivity index (χ4v) is 3.01. The second-order valence-electron chi connectivity index (χ2n) is 5.07. The molecule has 1 aromatic heterocycles. The molecule has 20 heavy (non-hydrogen) atoms. The average molecular weight is 261 g/mol. The molecule has 3 nitrogen and oxygen atoms in total. The van der Waals surface area contributed by atoms with Crippen molar-refractivity contribution in [2.24, 2.45) is 0 Å². The van der Waals surface area contributed by atoms with Gasteiger partial charge in [0, 0.05) is 24.5 Å². The smallest absolute Gasteiger partial charge is 0.149 e. The van der Waals surface area contributed by atoms with Crippen molar-refractivity contribution in [1.29, 1.82) is 0 Å². The first-order valence-corrected chi connectivity index (χ1v) is 6.77. The van der Waals surface area contributed by atoms with E-state index in [9.17, 15) is 0 Å². The van der Waals surface area contributed by atoms with Crippen molar-refractivity contribution in [2.45, 2.75) is 6.17 Å². The van der Waals surface area contributed by atoms with Crippen LogP contribution >= 0.6 is 0 Å². The molecule has 0 N–H and O–H groups in total. The van der Waals surface area contributed by atoms with E-state index < -0.39 is 0 Å². The lowest BCUT2D eigenvalue weighted by molar-refractivity contribution is 0.511. The Morgan fingerprint density at radius 1 is 0.900 bits per heavy atom. The molecule has 0 spiro atoms. The van der Waals surface area contributed by atoms with Crippen LogP contribution in [0, 0.1) is 0 Å². The molecule has 0 saturated heterocycles. The first kappa shape index (κ1) is 11.3. The Labute approximate surface area is 118 Å². The van der Waals surface area contributed by atoms with Crippen LogP contribution in [-0.4, -0.2) is 16.8 Å². The molecule has 0 aliphatic carbocycles. The molecule has 1 aliphatic heterocycles. The predicted octanol–water partition coefficient (Wildman–Crippen LogP) is 3.55. The van der Waals surface area contributed by atoms with E-state index in [-0.39, 0.29) is 6.17 Å². The van der Waals surface area contributed by atoms with Crippen LogP contribution in [0.5, 0.6) is 0 Å². The van der Waals surface area contributed by atoms with Gasteiger partial charge < -0.3 is 4.90 Å². The highest BCUT2D eigenvalue weighted by molar-refractivity contribution is 5.79. The third-order valence-corrected chi connectivity index (χ3v) is 3.93. The third-order valence-electron chi connectivity index (χ3n) is 3.93. The first-order chi connectivity index (χ1) is 9.86. The van der Waals surface area contributed by atoms with E-state index in [2.05, 4.69) is 76.3 Å². The molecule has 0 amide bonds. The highest BCUT2D eigenvalue weighted by atomic mass is 15.4. The van der Waals surface area contributed by atoms with Gasteiger partial charge in [0.25, 0.3) is 0 Å². The third kappa shape index (κ3) is 1.50. The van der Waals surface area contributed by atoms with Crippen molar-refractivity contribution in [1.82, 2.24) is 9.78 Å². The molecule has 3 heteroatoms. The minimum atomic E-state index is 0.107. The summed E-state index contributed by atoms with van der Waals surface area (Å²) in [4.78, 5) is 2.28. The molecule has 1 aliphatic rings. The van der Waals surface area contributed by atoms with Gasteiger partial charge in [-0.1, -0.05) is 48.5 Å². The van der Waals surface area contributed by atoms with Gasteiger partial charge in [0.05, 0.1) is 5.69 Å². The number of benzene rings is 2. The molecule has 3 aromatic rings. The maximum atomic E-state index is 4.54. The molecule has 2 aromatic carbocycles. The monoisotopic (exact) mass is 261 g/mol. The standard InChI is InChI=1S/C17H15N3/c1-19-15-10-6-5-9-14(15)16-11-12-18-20(16)17(19)13-7-3-2-4-8-13/h2-12,17H,1H3. The van der Waals surface area contributed by atoms with E-state index in [1.807, 2.05) is 12.3 Å². The lowest BCUT2D eigenvalue weighted by Crippen LogP contribution is -2.34. The molecule has 2 heterocycles. The summed E-state index contributed by atoms with van der Waals surface area (Å²) < 4.78 is 2.09. The summed E-state index contributed by atoms with van der Waals surface area (Å²) in [5, 5.41) is 4.54. The molecule has 4 rings (SSSR count). The van der Waals surface area contributed by atoms with Crippen LogP contribution in [0.15, 0.2) is 66.9 Å². The van der Waals surface area contributed by atoms with Crippen LogP contribution in [-0.2, 0) is 0 Å². The molecule has 98 valence electrons. The quantitative estimate of drug-likeness (QED) is 0.668. The molecule has 0 bridgehead atoms. The van der Waals surface area contributed by atoms with Gasteiger partial charge in [-0.3, -0.25) is 0 Å². The second kappa shape index (κ2) is 4.23. The van der Waals surface area contributed by atoms with Gasteiger partial charge in [0.1, 0.15) is 6.17 Å². The summed E-state index contributed by atoms with van der Waals surface area (Å²) in [6.45, 7) is 0. The predicted molar refractivity (Wildman–Crippen MR) is 80.6 cm³/mol. The SMILES string of the molecule is CN1c2ccccc2-c2ccnn2C1c1ccccc1. The molecule has 1 unspecified atom stereocenters. The molecule has 1 atom stereocenters. The average Bonchev–Trinajstić information content (AvgIpc) is 2.98. The Kier molecular flexibility index (Phi) is 2.39. The van der Waals surface area contributed by atoms with Crippen molar-refractivity contribution >= 4 is 5.69 Å². The van der Waals surface area contributed by atoms with Crippen molar-refractivity contribution in [3.8, 4) is 11.3 Å². The van der Waals surface area contributed by atoms with E-state index >= 15 is 0 Å². The Morgan fingerprint density at radius 3 is 2.50 bits per heavy atom. The number of para-hydroxylation sites is 1. The van der Waals surface area contributed by atoms with Crippen molar-refractivity contribution in [2.75, 3.05) is 11.9 Å². The highest BCUT2D eigenvalue weighted by Gasteiger charge is 2.29. The summed E-state index contributed by atoms with van der Waals surface area (Å²) in [7, 11) is 2.13. The van der Waals surface area contributed by atoms with E-state index in [0.717, 1.165) is 0 Å². The molecule has 0 saturated carbocycles. The van der Waals surface area contributed by atoms with Crippen molar-refractivity contribution < 1.29 is 0 Å². The number of rotatable bonds is 1. The Balaban J connectivity index is 1.96. The minimum absolute atomic E-state index is 0.107. The lowest BCUT2D eigenvalue weighted by atomic mass is 10.0. The van der Waals surface area contributed by atoms with Crippen LogP contribution in [0.25, 0.3) is 11.3 Å². The Morgan fingerprint density at radius 2 is 1.65 bits per heavy atom. The summed E-state index contributed by atoms with van der Waals surface area (Å²) in [6, 6.07) is 21.1. The van der Waals surface area contributed by atoms with E-state index in [1.54, 1.807) is 0 Å². The number of nitrogens with zero attached hydrogens (tertiary/aromatic N) is 3. The minimum Gasteiger partial charge on any atom is -0.348 e. The van der Waals surface area contributed by atoms with E-state index in [0.29, 0.717) is 0 Å². The Bertz CT molecular complexity index is 746. The van der Waals surface area contributed by atoms with Crippen LogP contribution in [0.4, 0.5) is 5.69 Å². The number of hydrogen-bond donors (Lipinski definition) is 0. The van der Waals surface area contributed by atoms with Gasteiger partial charge in [0.15, 0.2) is 0 Å². The van der Waals surface area contributed by atoms with Crippen molar-refractivity contribution in [3.05, 3.63) is 72.4 Å². The largest absolute Gasteiger partial charge is 0.348 e. The second-order valence-corrected chi connectivity index (χ2v) is 5.07. The molecule has 0 fully saturated rings. The summed E-state index contributed by atoms with van der Waals surface area (Å²) >= 11 is 0. The summed E-state index contributed by atoms with van der Waals surface area (Å²) in [6.07, 6.45) is 1.98. The van der Waals surface area contributed by atoms with Gasteiger partial charge >= 0.3 is 0 Å². The zero-order chi connectivity index (χ0) is 13.5. The zero-order valence-electron chi connectivity index (χ0n) is 11.3. The topological polar surface area (TPSA) is 21.1 Å². The van der Waals surface area contributed by atoms with E-state index in [4.69, 9.17) is 0 Å². The van der Waals surface area contributed by atoms with Crippen LogP contribution in [0.2, 0.25) is 0 Å². The summed E-state index contributed by atoms with van der Waals surface area (Å²) in [5.41, 5.74) is 4.90. The van der Waals surface area contributed by atoms with Crippen LogP contribution in [0.3, 0.4) is 0 Å². The van der Waals surface area contributed by atoms with Gasteiger partial charge in [0.2, 0.25) is 0 Å². The molecule has 0 radical (unpaired) electrons. The maximum absolute atomic E-state index is 4.54. The maximum Gasteiger partial charge on any atom is 0.149 e. The number of aromatic nitrogens is 2. The highest BCUT2D eigenvalue weighted by Crippen LogP contribution is 2.41. The number of anilines is 1. The first-order valence-electron chi connectivity index (χ1n) is 6.77. The van der Waals surface area contributed by atoms with Crippen LogP contribution in [0.1, 0.15) is 11.7 Å². The van der Waals surface area contributed by atoms with Gasteiger partial charge in [-0.2, -0.15) is 5.10 Å². The number of fused-ring (bicyclic) bond motifs is 3. The van der Waals surface area contributed by atoms with Gasteiger partial charge in [-0.05, 0) is 17.7 Å².